The summed E-state index contributed by atoms with van der Waals surface area (Å²) in [6.07, 6.45) is 5.32. The van der Waals surface area contributed by atoms with E-state index in [4.69, 9.17) is 0 Å². The number of hydrogen-bond donors (Lipinski definition) is 1. The van der Waals surface area contributed by atoms with Gasteiger partial charge in [0.2, 0.25) is 0 Å². The highest BCUT2D eigenvalue weighted by atomic mass is 15.4. The molecule has 0 amide bonds. The molecule has 0 aliphatic carbocycles. The topological polar surface area (TPSA) is 47.2 Å². The van der Waals surface area contributed by atoms with Crippen molar-refractivity contribution in [1.82, 2.24) is 19.3 Å². The van der Waals surface area contributed by atoms with Gasteiger partial charge in [0.1, 0.15) is 5.52 Å². The summed E-state index contributed by atoms with van der Waals surface area (Å²) in [5.41, 5.74) is 6.54. The first-order valence-corrected chi connectivity index (χ1v) is 5.46. The smallest absolute Gasteiger partial charge is 0.171 e. The largest absolute Gasteiger partial charge is 0.276 e. The first-order valence-electron chi connectivity index (χ1n) is 5.46. The molecule has 5 heteroatoms. The molecule has 3 heterocycles. The summed E-state index contributed by atoms with van der Waals surface area (Å²) >= 11 is 0. The van der Waals surface area contributed by atoms with Crippen LogP contribution in [-0.4, -0.2) is 19.3 Å². The first kappa shape index (κ1) is 9.89. The van der Waals surface area contributed by atoms with Crippen LogP contribution in [0.5, 0.6) is 0 Å². The molecule has 0 radical (unpaired) electrons. The second kappa shape index (κ2) is 3.62. The fraction of sp³-hybridized carbons (Fsp3) is 0.167. The molecule has 3 aromatic heterocycles. The van der Waals surface area contributed by atoms with Gasteiger partial charge in [-0.25, -0.2) is 9.50 Å². The normalized spacial score (nSPS) is 10.9. The van der Waals surface area contributed by atoms with Crippen LogP contribution in [0.4, 0.5) is 5.82 Å². The molecule has 0 spiro atoms. The predicted molar refractivity (Wildman–Crippen MR) is 65.9 cm³/mol. The second-order valence-electron chi connectivity index (χ2n) is 4.00. The molecule has 3 rings (SSSR count). The zero-order chi connectivity index (χ0) is 11.8. The highest BCUT2D eigenvalue weighted by Crippen LogP contribution is 2.15. The van der Waals surface area contributed by atoms with E-state index in [1.165, 1.54) is 0 Å². The monoisotopic (exact) mass is 227 g/mol. The van der Waals surface area contributed by atoms with E-state index < -0.39 is 0 Å². The molecule has 0 bridgehead atoms. The molecule has 1 N–H and O–H groups in total. The van der Waals surface area contributed by atoms with Gasteiger partial charge in [-0.3, -0.25) is 10.1 Å². The van der Waals surface area contributed by atoms with Crippen molar-refractivity contribution < 1.29 is 0 Å². The molecule has 5 nitrogen and oxygen atoms in total. The second-order valence-corrected chi connectivity index (χ2v) is 4.00. The van der Waals surface area contributed by atoms with Crippen LogP contribution in [0.15, 0.2) is 36.8 Å². The average Bonchev–Trinajstić information content (AvgIpc) is 2.91. The SMILES string of the molecule is Cc1ccc(C)n1Nc1nccn2nccc12. The van der Waals surface area contributed by atoms with E-state index >= 15 is 0 Å². The Morgan fingerprint density at radius 1 is 1.06 bits per heavy atom. The van der Waals surface area contributed by atoms with Gasteiger partial charge in [-0.2, -0.15) is 5.10 Å². The molecule has 0 aliphatic rings. The fourth-order valence-electron chi connectivity index (χ4n) is 1.89. The molecule has 0 aromatic carbocycles. The maximum atomic E-state index is 4.34. The molecule has 0 aliphatic heterocycles. The Kier molecular flexibility index (Phi) is 2.11. The number of aryl methyl sites for hydroxylation is 2. The minimum absolute atomic E-state index is 0.799. The Morgan fingerprint density at radius 2 is 1.82 bits per heavy atom. The van der Waals surface area contributed by atoms with Gasteiger partial charge in [-0.05, 0) is 32.0 Å². The number of anilines is 1. The van der Waals surface area contributed by atoms with E-state index in [9.17, 15) is 0 Å². The third-order valence-corrected chi connectivity index (χ3v) is 2.81. The van der Waals surface area contributed by atoms with Crippen LogP contribution in [-0.2, 0) is 0 Å². The Balaban J connectivity index is 2.08. The van der Waals surface area contributed by atoms with E-state index in [2.05, 4.69) is 41.5 Å². The van der Waals surface area contributed by atoms with Gasteiger partial charge in [-0.1, -0.05) is 0 Å². The molecular formula is C12H13N5. The first-order chi connectivity index (χ1) is 8.25. The maximum absolute atomic E-state index is 4.34. The van der Waals surface area contributed by atoms with Crippen LogP contribution in [0.3, 0.4) is 0 Å². The minimum atomic E-state index is 0.799. The zero-order valence-electron chi connectivity index (χ0n) is 9.75. The lowest BCUT2D eigenvalue weighted by atomic mass is 10.5. The predicted octanol–water partition coefficient (Wildman–Crippen LogP) is 2.02. The van der Waals surface area contributed by atoms with E-state index in [1.54, 1.807) is 16.9 Å². The standard InChI is InChI=1S/C12H13N5/c1-9-3-4-10(2)17(9)15-12-11-5-6-14-16(11)8-7-13-12/h3-8H,1-2H3,(H,13,15). The van der Waals surface area contributed by atoms with Gasteiger partial charge < -0.3 is 0 Å². The lowest BCUT2D eigenvalue weighted by Crippen LogP contribution is -2.14. The van der Waals surface area contributed by atoms with Crippen LogP contribution < -0.4 is 5.43 Å². The molecule has 0 unspecified atom stereocenters. The molecular weight excluding hydrogens is 214 g/mol. The van der Waals surface area contributed by atoms with Crippen LogP contribution in [0.1, 0.15) is 11.4 Å². The quantitative estimate of drug-likeness (QED) is 0.728. The molecule has 17 heavy (non-hydrogen) atoms. The van der Waals surface area contributed by atoms with Crippen molar-refractivity contribution in [2.45, 2.75) is 13.8 Å². The number of hydrogen-bond acceptors (Lipinski definition) is 3. The van der Waals surface area contributed by atoms with E-state index in [0.717, 1.165) is 22.7 Å². The highest BCUT2D eigenvalue weighted by molar-refractivity contribution is 5.66. The summed E-state index contributed by atoms with van der Waals surface area (Å²) in [5, 5.41) is 4.18. The van der Waals surface area contributed by atoms with Gasteiger partial charge in [0.25, 0.3) is 0 Å². The van der Waals surface area contributed by atoms with E-state index in [1.807, 2.05) is 16.9 Å². The number of fused-ring (bicyclic) bond motifs is 1. The Morgan fingerprint density at radius 3 is 2.59 bits per heavy atom. The number of nitrogens with zero attached hydrogens (tertiary/aromatic N) is 4. The zero-order valence-corrected chi connectivity index (χ0v) is 9.75. The fourth-order valence-corrected chi connectivity index (χ4v) is 1.89. The third kappa shape index (κ3) is 1.56. The van der Waals surface area contributed by atoms with Crippen molar-refractivity contribution in [1.29, 1.82) is 0 Å². The van der Waals surface area contributed by atoms with Crippen molar-refractivity contribution in [2.75, 3.05) is 5.43 Å². The summed E-state index contributed by atoms with van der Waals surface area (Å²) in [7, 11) is 0. The molecule has 86 valence electrons. The van der Waals surface area contributed by atoms with Crippen LogP contribution in [0.2, 0.25) is 0 Å². The number of nitrogens with one attached hydrogen (secondary N) is 1. The molecule has 0 atom stereocenters. The molecule has 0 saturated carbocycles. The lowest BCUT2D eigenvalue weighted by molar-refractivity contribution is 0.863. The number of aromatic nitrogens is 4. The third-order valence-electron chi connectivity index (χ3n) is 2.81. The summed E-state index contributed by atoms with van der Waals surface area (Å²) in [4.78, 5) is 4.34. The van der Waals surface area contributed by atoms with Crippen molar-refractivity contribution in [3.63, 3.8) is 0 Å². The summed E-state index contributed by atoms with van der Waals surface area (Å²) in [6, 6.07) is 6.07. The van der Waals surface area contributed by atoms with Gasteiger partial charge in [0, 0.05) is 23.8 Å². The summed E-state index contributed by atoms with van der Waals surface area (Å²) < 4.78 is 3.80. The minimum Gasteiger partial charge on any atom is -0.276 e. The summed E-state index contributed by atoms with van der Waals surface area (Å²) in [6.45, 7) is 4.10. The molecule has 0 saturated heterocycles. The Hall–Kier alpha value is -2.30. The van der Waals surface area contributed by atoms with E-state index in [0.29, 0.717) is 0 Å². The Bertz CT molecular complexity index is 645. The summed E-state index contributed by atoms with van der Waals surface area (Å²) in [5.74, 6) is 0.799. The van der Waals surface area contributed by atoms with Gasteiger partial charge in [-0.15, -0.1) is 0 Å². The van der Waals surface area contributed by atoms with Crippen molar-refractivity contribution in [3.8, 4) is 0 Å². The average molecular weight is 227 g/mol. The van der Waals surface area contributed by atoms with Crippen LogP contribution in [0, 0.1) is 13.8 Å². The Labute approximate surface area is 98.7 Å². The van der Waals surface area contributed by atoms with Crippen LogP contribution in [0.25, 0.3) is 5.52 Å². The maximum Gasteiger partial charge on any atom is 0.171 e. The lowest BCUT2D eigenvalue weighted by Gasteiger charge is -2.12. The van der Waals surface area contributed by atoms with Gasteiger partial charge in [0.15, 0.2) is 5.82 Å². The highest BCUT2D eigenvalue weighted by Gasteiger charge is 2.05. The number of rotatable bonds is 2. The van der Waals surface area contributed by atoms with E-state index in [-0.39, 0.29) is 0 Å². The van der Waals surface area contributed by atoms with Crippen molar-refractivity contribution in [2.24, 2.45) is 0 Å². The van der Waals surface area contributed by atoms with Crippen LogP contribution >= 0.6 is 0 Å². The molecule has 0 fully saturated rings. The van der Waals surface area contributed by atoms with Gasteiger partial charge >= 0.3 is 0 Å². The van der Waals surface area contributed by atoms with Crippen molar-refractivity contribution >= 4 is 11.3 Å². The van der Waals surface area contributed by atoms with Crippen molar-refractivity contribution in [3.05, 3.63) is 48.2 Å². The van der Waals surface area contributed by atoms with Gasteiger partial charge in [0.05, 0.1) is 6.20 Å². The molecule has 3 aromatic rings.